The maximum atomic E-state index is 13.4. The van der Waals surface area contributed by atoms with E-state index in [1.54, 1.807) is 0 Å². The quantitative estimate of drug-likeness (QED) is 0.648. The van der Waals surface area contributed by atoms with Crippen LogP contribution in [0.2, 0.25) is 0 Å². The molecule has 2 saturated carbocycles. The van der Waals surface area contributed by atoms with E-state index in [4.69, 9.17) is 0 Å². The van der Waals surface area contributed by atoms with Crippen molar-refractivity contribution in [2.45, 2.75) is 36.5 Å². The van der Waals surface area contributed by atoms with Crippen molar-refractivity contribution in [3.8, 4) is 23.0 Å². The van der Waals surface area contributed by atoms with Crippen molar-refractivity contribution in [2.24, 2.45) is 0 Å². The number of phenols is 4. The van der Waals surface area contributed by atoms with Gasteiger partial charge in [-0.05, 0) is 62.1 Å². The minimum atomic E-state index is -0.822. The van der Waals surface area contributed by atoms with Crippen LogP contribution in [0, 0.1) is 0 Å². The van der Waals surface area contributed by atoms with Gasteiger partial charge in [0.1, 0.15) is 23.0 Å². The monoisotopic (exact) mass is 326 g/mol. The number of hydrogen-bond acceptors (Lipinski definition) is 5. The first kappa shape index (κ1) is 14.9. The van der Waals surface area contributed by atoms with Crippen LogP contribution >= 0.6 is 0 Å². The number of aromatic hydroxyl groups is 4. The summed E-state index contributed by atoms with van der Waals surface area (Å²) in [6, 6.07) is 8.44. The standard InChI is InChI=1S/C19H18O5/c20-11-1-3-15(22)13(9-11)18(5-6-18)17(24)19(7-8-19)14-10-12(21)2-4-16(14)23/h1-4,9-10,20-23H,5-8H2. The second kappa shape index (κ2) is 4.66. The number of benzene rings is 2. The second-order valence-corrected chi connectivity index (χ2v) is 6.90. The van der Waals surface area contributed by atoms with Crippen LogP contribution in [0.1, 0.15) is 36.8 Å². The zero-order chi connectivity index (χ0) is 17.1. The Bertz CT molecular complexity index is 777. The Morgan fingerprint density at radius 3 is 1.42 bits per heavy atom. The van der Waals surface area contributed by atoms with Gasteiger partial charge in [-0.15, -0.1) is 0 Å². The molecule has 4 N–H and O–H groups in total. The summed E-state index contributed by atoms with van der Waals surface area (Å²) in [4.78, 5) is 13.4. The molecule has 0 atom stereocenters. The Hall–Kier alpha value is -2.69. The highest BCUT2D eigenvalue weighted by molar-refractivity contribution is 6.04. The van der Waals surface area contributed by atoms with Gasteiger partial charge in [-0.3, -0.25) is 4.79 Å². The lowest BCUT2D eigenvalue weighted by molar-refractivity contribution is -0.124. The van der Waals surface area contributed by atoms with Crippen LogP contribution in [0.5, 0.6) is 23.0 Å². The fourth-order valence-corrected chi connectivity index (χ4v) is 3.76. The third kappa shape index (κ3) is 1.97. The summed E-state index contributed by atoms with van der Waals surface area (Å²) in [6.45, 7) is 0. The van der Waals surface area contributed by atoms with Gasteiger partial charge in [0.05, 0.1) is 10.8 Å². The van der Waals surface area contributed by atoms with Crippen molar-refractivity contribution in [1.29, 1.82) is 0 Å². The fraction of sp³-hybridized carbons (Fsp3) is 0.316. The van der Waals surface area contributed by atoms with Crippen LogP contribution in [0.4, 0.5) is 0 Å². The Kier molecular flexibility index (Phi) is 2.89. The summed E-state index contributed by atoms with van der Waals surface area (Å²) in [6.07, 6.45) is 2.41. The summed E-state index contributed by atoms with van der Waals surface area (Å²) < 4.78 is 0. The van der Waals surface area contributed by atoms with Gasteiger partial charge < -0.3 is 20.4 Å². The Labute approximate surface area is 138 Å². The van der Waals surface area contributed by atoms with Crippen molar-refractivity contribution in [3.05, 3.63) is 47.5 Å². The van der Waals surface area contributed by atoms with E-state index in [2.05, 4.69) is 0 Å². The Balaban J connectivity index is 1.78. The molecule has 0 bridgehead atoms. The zero-order valence-corrected chi connectivity index (χ0v) is 13.0. The van der Waals surface area contributed by atoms with Gasteiger partial charge in [0.25, 0.3) is 0 Å². The van der Waals surface area contributed by atoms with E-state index in [9.17, 15) is 25.2 Å². The number of carbonyl (C=O) groups excluding carboxylic acids is 1. The van der Waals surface area contributed by atoms with E-state index in [0.29, 0.717) is 36.8 Å². The molecule has 0 unspecified atom stereocenters. The van der Waals surface area contributed by atoms with Gasteiger partial charge in [-0.25, -0.2) is 0 Å². The summed E-state index contributed by atoms with van der Waals surface area (Å²) in [5.41, 5.74) is -0.758. The fourth-order valence-electron chi connectivity index (χ4n) is 3.76. The van der Waals surface area contributed by atoms with Crippen molar-refractivity contribution in [3.63, 3.8) is 0 Å². The Morgan fingerprint density at radius 2 is 1.08 bits per heavy atom. The normalized spacial score (nSPS) is 19.7. The van der Waals surface area contributed by atoms with Gasteiger partial charge in [-0.1, -0.05) is 0 Å². The minimum Gasteiger partial charge on any atom is -0.508 e. The van der Waals surface area contributed by atoms with E-state index < -0.39 is 10.8 Å². The average molecular weight is 326 g/mol. The van der Waals surface area contributed by atoms with Crippen molar-refractivity contribution < 1.29 is 25.2 Å². The molecule has 5 nitrogen and oxygen atoms in total. The number of phenolic OH excluding ortho intramolecular Hbond substituents is 4. The van der Waals surface area contributed by atoms with E-state index in [-0.39, 0.29) is 28.8 Å². The Morgan fingerprint density at radius 1 is 0.708 bits per heavy atom. The lowest BCUT2D eigenvalue weighted by Gasteiger charge is -2.24. The number of Topliss-reactive ketones (excluding diaryl/α,β-unsaturated/α-hetero) is 1. The van der Waals surface area contributed by atoms with Crippen molar-refractivity contribution in [2.75, 3.05) is 0 Å². The number of ketones is 1. The lowest BCUT2D eigenvalue weighted by atomic mass is 9.78. The highest BCUT2D eigenvalue weighted by atomic mass is 16.3. The van der Waals surface area contributed by atoms with E-state index >= 15 is 0 Å². The van der Waals surface area contributed by atoms with Gasteiger partial charge in [0, 0.05) is 11.1 Å². The molecule has 0 spiro atoms. The summed E-state index contributed by atoms with van der Waals surface area (Å²) in [7, 11) is 0. The minimum absolute atomic E-state index is 0.00502. The predicted octanol–water partition coefficient (Wildman–Crippen LogP) is 2.84. The largest absolute Gasteiger partial charge is 0.508 e. The maximum Gasteiger partial charge on any atom is 0.154 e. The molecule has 2 aromatic carbocycles. The van der Waals surface area contributed by atoms with E-state index in [1.165, 1.54) is 36.4 Å². The van der Waals surface area contributed by atoms with E-state index in [1.807, 2.05) is 0 Å². The van der Waals surface area contributed by atoms with Crippen LogP contribution in [0.15, 0.2) is 36.4 Å². The summed E-state index contributed by atoms with van der Waals surface area (Å²) in [5.74, 6) is -0.0557. The molecule has 0 aliphatic heterocycles. The predicted molar refractivity (Wildman–Crippen MR) is 86.4 cm³/mol. The maximum absolute atomic E-state index is 13.4. The first-order chi connectivity index (χ1) is 11.4. The molecule has 0 heterocycles. The molecule has 24 heavy (non-hydrogen) atoms. The molecule has 2 aromatic rings. The van der Waals surface area contributed by atoms with Crippen LogP contribution < -0.4 is 0 Å². The molecule has 124 valence electrons. The molecular formula is C19H18O5. The second-order valence-electron chi connectivity index (χ2n) is 6.90. The third-order valence-electron chi connectivity index (χ3n) is 5.36. The molecule has 2 aliphatic rings. The highest BCUT2D eigenvalue weighted by Crippen LogP contribution is 2.62. The molecule has 4 rings (SSSR count). The zero-order valence-electron chi connectivity index (χ0n) is 13.0. The molecule has 2 fully saturated rings. The number of rotatable bonds is 4. The first-order valence-corrected chi connectivity index (χ1v) is 7.99. The third-order valence-corrected chi connectivity index (χ3v) is 5.36. The molecule has 0 amide bonds. The van der Waals surface area contributed by atoms with Crippen LogP contribution in [-0.2, 0) is 15.6 Å². The molecule has 0 radical (unpaired) electrons. The average Bonchev–Trinajstić information content (AvgIpc) is 3.45. The lowest BCUT2D eigenvalue weighted by Crippen LogP contribution is -2.32. The number of carbonyl (C=O) groups is 1. The van der Waals surface area contributed by atoms with Gasteiger partial charge in [-0.2, -0.15) is 0 Å². The summed E-state index contributed by atoms with van der Waals surface area (Å²) in [5, 5.41) is 39.8. The van der Waals surface area contributed by atoms with Crippen LogP contribution in [0.3, 0.4) is 0 Å². The highest BCUT2D eigenvalue weighted by Gasteiger charge is 2.64. The first-order valence-electron chi connectivity index (χ1n) is 7.99. The van der Waals surface area contributed by atoms with Crippen molar-refractivity contribution in [1.82, 2.24) is 0 Å². The van der Waals surface area contributed by atoms with Gasteiger partial charge >= 0.3 is 0 Å². The molecule has 5 heteroatoms. The van der Waals surface area contributed by atoms with Gasteiger partial charge in [0.2, 0.25) is 0 Å². The number of hydrogen-bond donors (Lipinski definition) is 4. The molecule has 0 aromatic heterocycles. The SMILES string of the molecule is O=C(C1(c2cc(O)ccc2O)CC1)C1(c2cc(O)ccc2O)CC1. The molecule has 0 saturated heterocycles. The smallest absolute Gasteiger partial charge is 0.154 e. The van der Waals surface area contributed by atoms with Crippen LogP contribution in [-0.4, -0.2) is 26.2 Å². The van der Waals surface area contributed by atoms with Crippen molar-refractivity contribution >= 4 is 5.78 Å². The summed E-state index contributed by atoms with van der Waals surface area (Å²) >= 11 is 0. The molecular weight excluding hydrogens is 308 g/mol. The van der Waals surface area contributed by atoms with Crippen LogP contribution in [0.25, 0.3) is 0 Å². The van der Waals surface area contributed by atoms with E-state index in [0.717, 1.165) is 0 Å². The molecule has 2 aliphatic carbocycles. The van der Waals surface area contributed by atoms with Gasteiger partial charge in [0.15, 0.2) is 5.78 Å². The topological polar surface area (TPSA) is 98.0 Å².